The smallest absolute Gasteiger partial charge is 0.189 e. The summed E-state index contributed by atoms with van der Waals surface area (Å²) >= 11 is 0. The Hall–Kier alpha value is -3.12. The van der Waals surface area contributed by atoms with Crippen LogP contribution >= 0.6 is 0 Å². The summed E-state index contributed by atoms with van der Waals surface area (Å²) < 4.78 is 37.6. The number of sulfone groups is 1. The molecule has 30 heavy (non-hydrogen) atoms. The number of rotatable bonds is 8. The first-order valence-corrected chi connectivity index (χ1v) is 11.0. The molecule has 3 aromatic carbocycles. The first kappa shape index (κ1) is 21.6. The average Bonchev–Trinajstić information content (AvgIpc) is 2.77. The first-order valence-electron chi connectivity index (χ1n) is 9.47. The van der Waals surface area contributed by atoms with E-state index in [-0.39, 0.29) is 11.3 Å². The molecular weight excluding hydrogens is 400 g/mol. The summed E-state index contributed by atoms with van der Waals surface area (Å²) in [7, 11) is -0.890. The fourth-order valence-corrected chi connectivity index (χ4v) is 4.90. The number of hydrogen-bond acceptors (Lipinski definition) is 5. The van der Waals surface area contributed by atoms with Gasteiger partial charge in [-0.3, -0.25) is 4.79 Å². The van der Waals surface area contributed by atoms with Crippen molar-refractivity contribution in [3.05, 3.63) is 89.5 Å². The Morgan fingerprint density at radius 2 is 1.43 bits per heavy atom. The van der Waals surface area contributed by atoms with E-state index >= 15 is 0 Å². The zero-order chi connectivity index (χ0) is 21.7. The lowest BCUT2D eigenvalue weighted by Gasteiger charge is -2.18. The molecule has 3 aromatic rings. The van der Waals surface area contributed by atoms with Crippen LogP contribution in [0.25, 0.3) is 0 Å². The van der Waals surface area contributed by atoms with Gasteiger partial charge in [-0.15, -0.1) is 0 Å². The third-order valence-electron chi connectivity index (χ3n) is 4.91. The molecule has 0 aromatic heterocycles. The molecule has 3 rings (SSSR count). The number of benzene rings is 3. The molecule has 0 radical (unpaired) electrons. The molecule has 0 saturated carbocycles. The maximum atomic E-state index is 13.5. The van der Waals surface area contributed by atoms with Gasteiger partial charge in [-0.25, -0.2) is 8.42 Å². The monoisotopic (exact) mass is 424 g/mol. The van der Waals surface area contributed by atoms with Crippen LogP contribution in [-0.4, -0.2) is 33.7 Å². The van der Waals surface area contributed by atoms with Crippen molar-refractivity contribution >= 4 is 15.6 Å². The Bertz CT molecular complexity index is 1100. The van der Waals surface area contributed by atoms with E-state index in [4.69, 9.17) is 9.47 Å². The zero-order valence-electron chi connectivity index (χ0n) is 17.2. The highest BCUT2D eigenvalue weighted by atomic mass is 32.2. The summed E-state index contributed by atoms with van der Waals surface area (Å²) in [6.45, 7) is 1.88. The van der Waals surface area contributed by atoms with Crippen LogP contribution in [0.15, 0.2) is 77.7 Å². The number of ketones is 1. The number of hydrogen-bond donors (Lipinski definition) is 0. The Balaban J connectivity index is 2.08. The van der Waals surface area contributed by atoms with Gasteiger partial charge in [0.05, 0.1) is 19.1 Å². The normalized spacial score (nSPS) is 12.2. The Morgan fingerprint density at radius 3 is 1.97 bits per heavy atom. The van der Waals surface area contributed by atoms with Crippen molar-refractivity contribution in [1.82, 2.24) is 0 Å². The number of carbonyl (C=O) groups excluding carboxylic acids is 1. The number of methoxy groups -OCH3 is 2. The van der Waals surface area contributed by atoms with E-state index in [9.17, 15) is 13.2 Å². The van der Waals surface area contributed by atoms with E-state index < -0.39 is 20.9 Å². The van der Waals surface area contributed by atoms with Gasteiger partial charge in [0.15, 0.2) is 15.6 Å². The molecule has 0 aliphatic rings. The van der Waals surface area contributed by atoms with Crippen molar-refractivity contribution in [2.75, 3.05) is 14.2 Å². The number of aryl methyl sites for hydroxylation is 1. The van der Waals surface area contributed by atoms with Gasteiger partial charge >= 0.3 is 0 Å². The van der Waals surface area contributed by atoms with Gasteiger partial charge in [0.25, 0.3) is 0 Å². The third kappa shape index (κ3) is 4.71. The molecule has 0 N–H and O–H groups in total. The van der Waals surface area contributed by atoms with Gasteiger partial charge in [0.2, 0.25) is 0 Å². The average molecular weight is 425 g/mol. The van der Waals surface area contributed by atoms with Gasteiger partial charge in [-0.05, 0) is 43.2 Å². The highest BCUT2D eigenvalue weighted by Gasteiger charge is 2.35. The molecule has 0 spiro atoms. The van der Waals surface area contributed by atoms with Crippen LogP contribution in [0.1, 0.15) is 21.5 Å². The van der Waals surface area contributed by atoms with Crippen LogP contribution in [-0.2, 0) is 16.3 Å². The van der Waals surface area contributed by atoms with Gasteiger partial charge in [-0.1, -0.05) is 48.0 Å². The molecule has 5 nitrogen and oxygen atoms in total. The summed E-state index contributed by atoms with van der Waals surface area (Å²) in [6, 6.07) is 20.2. The molecule has 0 amide bonds. The Morgan fingerprint density at radius 1 is 0.867 bits per heavy atom. The number of carbonyl (C=O) groups is 1. The SMILES string of the molecule is COc1cc(CC(C(=O)c2ccccc2)S(=O)(=O)c2ccc(C)cc2)cc(OC)c1. The number of Topliss-reactive ketones (excluding diaryl/α,β-unsaturated/α-hetero) is 1. The van der Waals surface area contributed by atoms with E-state index in [2.05, 4.69) is 0 Å². The lowest BCUT2D eigenvalue weighted by molar-refractivity contribution is 0.0986. The molecule has 1 unspecified atom stereocenters. The minimum atomic E-state index is -3.93. The minimum Gasteiger partial charge on any atom is -0.497 e. The predicted octanol–water partition coefficient (Wildman–Crippen LogP) is 4.28. The van der Waals surface area contributed by atoms with E-state index in [1.807, 2.05) is 6.92 Å². The van der Waals surface area contributed by atoms with Crippen molar-refractivity contribution < 1.29 is 22.7 Å². The number of ether oxygens (including phenoxy) is 2. The summed E-state index contributed by atoms with van der Waals surface area (Å²) in [6.07, 6.45) is -0.00248. The summed E-state index contributed by atoms with van der Waals surface area (Å²) in [4.78, 5) is 13.4. The van der Waals surface area contributed by atoms with E-state index in [1.54, 1.807) is 72.8 Å². The largest absolute Gasteiger partial charge is 0.497 e. The second-order valence-electron chi connectivity index (χ2n) is 7.00. The van der Waals surface area contributed by atoms with Crippen LogP contribution in [0.4, 0.5) is 0 Å². The van der Waals surface area contributed by atoms with Crippen molar-refractivity contribution in [3.8, 4) is 11.5 Å². The van der Waals surface area contributed by atoms with Crippen molar-refractivity contribution in [1.29, 1.82) is 0 Å². The van der Waals surface area contributed by atoms with E-state index in [1.165, 1.54) is 14.2 Å². The molecule has 156 valence electrons. The second kappa shape index (κ2) is 9.13. The minimum absolute atomic E-state index is 0.00248. The quantitative estimate of drug-likeness (QED) is 0.505. The fourth-order valence-electron chi connectivity index (χ4n) is 3.22. The molecule has 6 heteroatoms. The van der Waals surface area contributed by atoms with E-state index in [0.29, 0.717) is 22.6 Å². The standard InChI is InChI=1S/C24H24O5S/c1-17-9-11-22(12-10-17)30(26,27)23(24(25)19-7-5-4-6-8-19)15-18-13-20(28-2)16-21(14-18)29-3/h4-14,16,23H,15H2,1-3H3. The molecule has 0 bridgehead atoms. The van der Waals surface area contributed by atoms with Crippen molar-refractivity contribution in [2.24, 2.45) is 0 Å². The topological polar surface area (TPSA) is 69.7 Å². The summed E-state index contributed by atoms with van der Waals surface area (Å²) in [5.41, 5.74) is 1.93. The highest BCUT2D eigenvalue weighted by Crippen LogP contribution is 2.28. The zero-order valence-corrected chi connectivity index (χ0v) is 18.0. The van der Waals surface area contributed by atoms with Gasteiger partial charge in [0, 0.05) is 11.6 Å². The third-order valence-corrected chi connectivity index (χ3v) is 6.97. The lowest BCUT2D eigenvalue weighted by Crippen LogP contribution is -2.33. The van der Waals surface area contributed by atoms with Gasteiger partial charge in [-0.2, -0.15) is 0 Å². The van der Waals surface area contributed by atoms with Crippen LogP contribution in [0.3, 0.4) is 0 Å². The summed E-state index contributed by atoms with van der Waals surface area (Å²) in [5.74, 6) is 0.615. The summed E-state index contributed by atoms with van der Waals surface area (Å²) in [5, 5.41) is -1.28. The fraction of sp³-hybridized carbons (Fsp3) is 0.208. The van der Waals surface area contributed by atoms with Gasteiger partial charge in [0.1, 0.15) is 16.7 Å². The van der Waals surface area contributed by atoms with Crippen LogP contribution in [0, 0.1) is 6.92 Å². The highest BCUT2D eigenvalue weighted by molar-refractivity contribution is 7.92. The molecule has 1 atom stereocenters. The van der Waals surface area contributed by atoms with Gasteiger partial charge < -0.3 is 9.47 Å². The van der Waals surface area contributed by atoms with E-state index in [0.717, 1.165) is 5.56 Å². The van der Waals surface area contributed by atoms with Crippen molar-refractivity contribution in [2.45, 2.75) is 23.5 Å². The first-order chi connectivity index (χ1) is 14.3. The molecule has 0 aliphatic carbocycles. The maximum absolute atomic E-state index is 13.5. The molecular formula is C24H24O5S. The molecule has 0 heterocycles. The predicted molar refractivity (Wildman–Crippen MR) is 116 cm³/mol. The maximum Gasteiger partial charge on any atom is 0.189 e. The Kier molecular flexibility index (Phi) is 6.57. The molecule has 0 saturated heterocycles. The van der Waals surface area contributed by atoms with Crippen LogP contribution in [0.5, 0.6) is 11.5 Å². The molecule has 0 fully saturated rings. The van der Waals surface area contributed by atoms with Crippen LogP contribution < -0.4 is 9.47 Å². The van der Waals surface area contributed by atoms with Crippen molar-refractivity contribution in [3.63, 3.8) is 0 Å². The lowest BCUT2D eigenvalue weighted by atomic mass is 10.0. The molecule has 0 aliphatic heterocycles. The Labute approximate surface area is 177 Å². The second-order valence-corrected chi connectivity index (χ2v) is 9.13. The van der Waals surface area contributed by atoms with Crippen LogP contribution in [0.2, 0.25) is 0 Å².